The van der Waals surface area contributed by atoms with Gasteiger partial charge in [-0.25, -0.2) is 14.8 Å². The van der Waals surface area contributed by atoms with Crippen LogP contribution in [0.4, 0.5) is 10.5 Å². The van der Waals surface area contributed by atoms with Crippen LogP contribution in [0.25, 0.3) is 21.8 Å². The van der Waals surface area contributed by atoms with Crippen LogP contribution in [0.5, 0.6) is 0 Å². The van der Waals surface area contributed by atoms with Gasteiger partial charge in [-0.15, -0.1) is 11.3 Å². The van der Waals surface area contributed by atoms with Gasteiger partial charge in [-0.2, -0.15) is 0 Å². The Kier molecular flexibility index (Phi) is 4.55. The van der Waals surface area contributed by atoms with E-state index < -0.39 is 6.09 Å². The number of hydrogen-bond acceptors (Lipinski definition) is 6. The summed E-state index contributed by atoms with van der Waals surface area (Å²) in [5, 5.41) is 3.57. The predicted octanol–water partition coefficient (Wildman–Crippen LogP) is 5.15. The second kappa shape index (κ2) is 7.36. The van der Waals surface area contributed by atoms with E-state index in [9.17, 15) is 4.79 Å². The zero-order chi connectivity index (χ0) is 19.8. The van der Waals surface area contributed by atoms with E-state index in [2.05, 4.69) is 14.9 Å². The standard InChI is InChI=1S/C21H20N4O3S/c1-13-18(29-20(22-13)17-5-4-10-27-17)12-28-21(26)23-14-7-8-16-15(11-14)24-19-6-2-3-9-25(16)19/h4-5,7-8,10-11H,2-3,6,9,12H2,1H3,(H,23,26). The molecule has 0 bridgehead atoms. The van der Waals surface area contributed by atoms with E-state index in [0.717, 1.165) is 45.4 Å². The second-order valence-corrected chi connectivity index (χ2v) is 8.13. The molecule has 0 spiro atoms. The maximum absolute atomic E-state index is 12.3. The van der Waals surface area contributed by atoms with Crippen molar-refractivity contribution in [3.05, 3.63) is 53.0 Å². The minimum atomic E-state index is -0.499. The first kappa shape index (κ1) is 17.9. The van der Waals surface area contributed by atoms with E-state index in [1.165, 1.54) is 24.2 Å². The van der Waals surface area contributed by atoms with Gasteiger partial charge in [0.25, 0.3) is 0 Å². The summed E-state index contributed by atoms with van der Waals surface area (Å²) < 4.78 is 13.0. The van der Waals surface area contributed by atoms with E-state index in [4.69, 9.17) is 14.1 Å². The number of furan rings is 1. The second-order valence-electron chi connectivity index (χ2n) is 7.05. The van der Waals surface area contributed by atoms with E-state index in [1.54, 1.807) is 6.26 Å². The molecule has 29 heavy (non-hydrogen) atoms. The number of hydrogen-bond donors (Lipinski definition) is 1. The molecule has 0 atom stereocenters. The van der Waals surface area contributed by atoms with Gasteiger partial charge >= 0.3 is 6.09 Å². The summed E-state index contributed by atoms with van der Waals surface area (Å²) >= 11 is 1.46. The van der Waals surface area contributed by atoms with Crippen LogP contribution in [0.3, 0.4) is 0 Å². The number of ether oxygens (including phenoxy) is 1. The highest BCUT2D eigenvalue weighted by atomic mass is 32.1. The van der Waals surface area contributed by atoms with Gasteiger partial charge < -0.3 is 13.7 Å². The molecule has 7 nitrogen and oxygen atoms in total. The van der Waals surface area contributed by atoms with Crippen molar-refractivity contribution in [1.29, 1.82) is 0 Å². The quantitative estimate of drug-likeness (QED) is 0.505. The molecule has 4 aromatic rings. The number of aromatic nitrogens is 3. The molecule has 3 aromatic heterocycles. The molecule has 1 N–H and O–H groups in total. The summed E-state index contributed by atoms with van der Waals surface area (Å²) in [6.07, 6.45) is 4.49. The molecule has 8 heteroatoms. The summed E-state index contributed by atoms with van der Waals surface area (Å²) in [7, 11) is 0. The SMILES string of the molecule is Cc1nc(-c2ccco2)sc1COC(=O)Nc1ccc2c(c1)nc1n2CCCC1. The Morgan fingerprint density at radius 1 is 1.31 bits per heavy atom. The number of thiazole rings is 1. The molecule has 4 heterocycles. The third-order valence-electron chi connectivity index (χ3n) is 5.06. The Morgan fingerprint density at radius 2 is 2.24 bits per heavy atom. The smallest absolute Gasteiger partial charge is 0.411 e. The average molecular weight is 408 g/mol. The average Bonchev–Trinajstić information content (AvgIpc) is 3.44. The molecule has 5 rings (SSSR count). The van der Waals surface area contributed by atoms with Crippen LogP contribution >= 0.6 is 11.3 Å². The lowest BCUT2D eigenvalue weighted by molar-refractivity contribution is 0.156. The molecule has 148 valence electrons. The molecule has 1 aliphatic heterocycles. The normalized spacial score (nSPS) is 13.4. The van der Waals surface area contributed by atoms with Crippen molar-refractivity contribution in [3.63, 3.8) is 0 Å². The maximum atomic E-state index is 12.3. The van der Waals surface area contributed by atoms with Gasteiger partial charge in [0.15, 0.2) is 10.8 Å². The first-order valence-electron chi connectivity index (χ1n) is 9.60. The number of carbonyl (C=O) groups excluding carboxylic acids is 1. The minimum Gasteiger partial charge on any atom is -0.462 e. The Labute approximate surface area is 171 Å². The van der Waals surface area contributed by atoms with Crippen LogP contribution in [0, 0.1) is 6.92 Å². The van der Waals surface area contributed by atoms with Crippen LogP contribution < -0.4 is 5.32 Å². The lowest BCUT2D eigenvalue weighted by Gasteiger charge is -2.13. The zero-order valence-electron chi connectivity index (χ0n) is 16.0. The first-order valence-corrected chi connectivity index (χ1v) is 10.4. The molecule has 0 radical (unpaired) electrons. The number of aryl methyl sites for hydroxylation is 3. The first-order chi connectivity index (χ1) is 14.2. The molecule has 1 aliphatic rings. The fraction of sp³-hybridized carbons (Fsp3) is 0.286. The number of rotatable bonds is 4. The van der Waals surface area contributed by atoms with Crippen LogP contribution in [-0.4, -0.2) is 20.6 Å². The van der Waals surface area contributed by atoms with E-state index in [-0.39, 0.29) is 6.61 Å². The van der Waals surface area contributed by atoms with Crippen molar-refractivity contribution in [2.45, 2.75) is 39.3 Å². The number of imidazole rings is 1. The Hall–Kier alpha value is -3.13. The fourth-order valence-corrected chi connectivity index (χ4v) is 4.55. The summed E-state index contributed by atoms with van der Waals surface area (Å²) in [6.45, 7) is 3.07. The number of carbonyl (C=O) groups is 1. The molecule has 0 unspecified atom stereocenters. The van der Waals surface area contributed by atoms with Crippen molar-refractivity contribution in [2.24, 2.45) is 0 Å². The van der Waals surface area contributed by atoms with Crippen molar-refractivity contribution in [1.82, 2.24) is 14.5 Å². The zero-order valence-corrected chi connectivity index (χ0v) is 16.8. The number of nitrogens with one attached hydrogen (secondary N) is 1. The van der Waals surface area contributed by atoms with Crippen molar-refractivity contribution in [3.8, 4) is 10.8 Å². The molecule has 0 saturated heterocycles. The van der Waals surface area contributed by atoms with Gasteiger partial charge in [-0.1, -0.05) is 0 Å². The summed E-state index contributed by atoms with van der Waals surface area (Å²) in [4.78, 5) is 22.4. The molecular weight excluding hydrogens is 388 g/mol. The van der Waals surface area contributed by atoms with E-state index >= 15 is 0 Å². The van der Waals surface area contributed by atoms with Crippen molar-refractivity contribution < 1.29 is 13.9 Å². The molecule has 0 saturated carbocycles. The third kappa shape index (κ3) is 3.51. The summed E-state index contributed by atoms with van der Waals surface area (Å²) in [5.41, 5.74) is 3.53. The Balaban J connectivity index is 1.25. The minimum absolute atomic E-state index is 0.164. The highest BCUT2D eigenvalue weighted by molar-refractivity contribution is 7.15. The maximum Gasteiger partial charge on any atom is 0.411 e. The van der Waals surface area contributed by atoms with Gasteiger partial charge in [0.1, 0.15) is 12.4 Å². The van der Waals surface area contributed by atoms with Crippen LogP contribution in [0.15, 0.2) is 41.0 Å². The Bertz CT molecular complexity index is 1180. The highest BCUT2D eigenvalue weighted by Crippen LogP contribution is 2.29. The van der Waals surface area contributed by atoms with Gasteiger partial charge in [0.2, 0.25) is 0 Å². The van der Waals surface area contributed by atoms with Gasteiger partial charge in [0.05, 0.1) is 27.9 Å². The number of benzene rings is 1. The van der Waals surface area contributed by atoms with Gasteiger partial charge in [-0.05, 0) is 50.1 Å². The lowest BCUT2D eigenvalue weighted by atomic mass is 10.2. The fourth-order valence-electron chi connectivity index (χ4n) is 3.60. The third-order valence-corrected chi connectivity index (χ3v) is 6.21. The molecule has 1 amide bonds. The summed E-state index contributed by atoms with van der Waals surface area (Å²) in [6, 6.07) is 9.48. The Morgan fingerprint density at radius 3 is 3.10 bits per heavy atom. The van der Waals surface area contributed by atoms with E-state index in [1.807, 2.05) is 37.3 Å². The lowest BCUT2D eigenvalue weighted by Crippen LogP contribution is -2.13. The topological polar surface area (TPSA) is 82.2 Å². The van der Waals surface area contributed by atoms with Crippen LogP contribution in [0.1, 0.15) is 29.2 Å². The van der Waals surface area contributed by atoms with Crippen LogP contribution in [0.2, 0.25) is 0 Å². The number of anilines is 1. The van der Waals surface area contributed by atoms with Gasteiger partial charge in [0, 0.05) is 18.7 Å². The molecule has 0 aliphatic carbocycles. The van der Waals surface area contributed by atoms with Gasteiger partial charge in [-0.3, -0.25) is 5.32 Å². The summed E-state index contributed by atoms with van der Waals surface area (Å²) in [5.74, 6) is 1.84. The van der Waals surface area contributed by atoms with Crippen molar-refractivity contribution in [2.75, 3.05) is 5.32 Å². The van der Waals surface area contributed by atoms with Crippen molar-refractivity contribution >= 4 is 34.2 Å². The molecule has 0 fully saturated rings. The molecule has 1 aromatic carbocycles. The van der Waals surface area contributed by atoms with Crippen LogP contribution in [-0.2, 0) is 24.3 Å². The number of amides is 1. The molecular formula is C21H20N4O3S. The predicted molar refractivity (Wildman–Crippen MR) is 111 cm³/mol. The number of fused-ring (bicyclic) bond motifs is 3. The largest absolute Gasteiger partial charge is 0.462 e. The highest BCUT2D eigenvalue weighted by Gasteiger charge is 2.16. The number of nitrogens with zero attached hydrogens (tertiary/aromatic N) is 3. The van der Waals surface area contributed by atoms with E-state index in [0.29, 0.717) is 11.4 Å². The monoisotopic (exact) mass is 408 g/mol.